The molecule has 0 spiro atoms. The third-order valence-electron chi connectivity index (χ3n) is 2.75. The smallest absolute Gasteiger partial charge is 0.303 e. The fourth-order valence-corrected chi connectivity index (χ4v) is 1.74. The number of nitro benzene ring substituents is 1. The number of aliphatic carboxylic acids is 1. The van der Waals surface area contributed by atoms with Gasteiger partial charge >= 0.3 is 5.97 Å². The van der Waals surface area contributed by atoms with Crippen LogP contribution in [-0.4, -0.2) is 34.8 Å². The highest BCUT2D eigenvalue weighted by Crippen LogP contribution is 2.37. The standard InChI is InChI=1S/C13H17NO7/c1-8(15)9-6-11(20-2)12(7-10(9)14(18)19)21-5-3-4-13(16)17/h6-8,15H,3-5H2,1-2H3,(H,16,17)/t8-/m0/s1. The molecule has 0 aliphatic rings. The van der Waals surface area contributed by atoms with E-state index in [9.17, 15) is 20.0 Å². The molecule has 2 N–H and O–H groups in total. The SMILES string of the molecule is COc1cc([C@H](C)O)c([N+](=O)[O-])cc1OCCCC(=O)O. The highest BCUT2D eigenvalue weighted by Gasteiger charge is 2.22. The van der Waals surface area contributed by atoms with Crippen molar-refractivity contribution in [3.63, 3.8) is 0 Å². The average molecular weight is 299 g/mol. The molecule has 1 atom stereocenters. The van der Waals surface area contributed by atoms with Gasteiger partial charge in [0.2, 0.25) is 0 Å². The molecule has 0 radical (unpaired) electrons. The fourth-order valence-electron chi connectivity index (χ4n) is 1.74. The quantitative estimate of drug-likeness (QED) is 0.427. The summed E-state index contributed by atoms with van der Waals surface area (Å²) in [5.74, 6) is -0.563. The number of carboxylic acids is 1. The molecule has 1 aromatic rings. The fraction of sp³-hybridized carbons (Fsp3) is 0.462. The van der Waals surface area contributed by atoms with Crippen molar-refractivity contribution in [3.05, 3.63) is 27.8 Å². The number of nitro groups is 1. The number of benzene rings is 1. The number of hydrogen-bond acceptors (Lipinski definition) is 6. The molecule has 0 aliphatic carbocycles. The van der Waals surface area contributed by atoms with E-state index in [0.29, 0.717) is 0 Å². The second-order valence-electron chi connectivity index (χ2n) is 4.34. The predicted molar refractivity (Wildman–Crippen MR) is 72.6 cm³/mol. The molecule has 0 aliphatic heterocycles. The Balaban J connectivity index is 2.99. The third kappa shape index (κ3) is 4.60. The molecule has 0 unspecified atom stereocenters. The largest absolute Gasteiger partial charge is 0.493 e. The van der Waals surface area contributed by atoms with Crippen molar-refractivity contribution in [1.82, 2.24) is 0 Å². The van der Waals surface area contributed by atoms with Crippen molar-refractivity contribution in [2.75, 3.05) is 13.7 Å². The van der Waals surface area contributed by atoms with Crippen LogP contribution in [0.5, 0.6) is 11.5 Å². The van der Waals surface area contributed by atoms with E-state index in [0.717, 1.165) is 0 Å². The van der Waals surface area contributed by atoms with Crippen molar-refractivity contribution in [1.29, 1.82) is 0 Å². The molecule has 1 rings (SSSR count). The van der Waals surface area contributed by atoms with Crippen LogP contribution in [0.25, 0.3) is 0 Å². The van der Waals surface area contributed by atoms with Crippen LogP contribution in [0.3, 0.4) is 0 Å². The van der Waals surface area contributed by atoms with Gasteiger partial charge in [-0.1, -0.05) is 0 Å². The minimum atomic E-state index is -1.03. The minimum Gasteiger partial charge on any atom is -0.493 e. The van der Waals surface area contributed by atoms with Gasteiger partial charge in [0.15, 0.2) is 11.5 Å². The first-order valence-corrected chi connectivity index (χ1v) is 6.25. The Morgan fingerprint density at radius 1 is 1.43 bits per heavy atom. The van der Waals surface area contributed by atoms with Crippen molar-refractivity contribution in [3.8, 4) is 11.5 Å². The maximum atomic E-state index is 11.0. The second kappa shape index (κ2) is 7.44. The summed E-state index contributed by atoms with van der Waals surface area (Å²) in [5.41, 5.74) is -0.159. The van der Waals surface area contributed by atoms with E-state index in [2.05, 4.69) is 0 Å². The number of aliphatic hydroxyl groups excluding tert-OH is 1. The van der Waals surface area contributed by atoms with Crippen molar-refractivity contribution >= 4 is 11.7 Å². The molecule has 1 aromatic carbocycles. The second-order valence-corrected chi connectivity index (χ2v) is 4.34. The van der Waals surface area contributed by atoms with Gasteiger partial charge in [-0.15, -0.1) is 0 Å². The molecule has 0 amide bonds. The Morgan fingerprint density at radius 2 is 2.10 bits per heavy atom. The summed E-state index contributed by atoms with van der Waals surface area (Å²) in [6.07, 6.45) is -0.819. The summed E-state index contributed by atoms with van der Waals surface area (Å²) in [6, 6.07) is 2.51. The van der Waals surface area contributed by atoms with Gasteiger partial charge < -0.3 is 19.7 Å². The lowest BCUT2D eigenvalue weighted by molar-refractivity contribution is -0.386. The summed E-state index contributed by atoms with van der Waals surface area (Å²) in [5, 5.41) is 29.1. The Bertz CT molecular complexity index is 527. The van der Waals surface area contributed by atoms with Gasteiger partial charge in [0.05, 0.1) is 36.4 Å². The maximum Gasteiger partial charge on any atom is 0.303 e. The molecule has 0 fully saturated rings. The summed E-state index contributed by atoms with van der Waals surface area (Å²) in [4.78, 5) is 20.8. The minimum absolute atomic E-state index is 0.0594. The predicted octanol–water partition coefficient (Wildman–Crippen LogP) is 1.90. The highest BCUT2D eigenvalue weighted by molar-refractivity contribution is 5.66. The van der Waals surface area contributed by atoms with E-state index in [-0.39, 0.29) is 42.2 Å². The highest BCUT2D eigenvalue weighted by atomic mass is 16.6. The normalized spacial score (nSPS) is 11.8. The first-order valence-electron chi connectivity index (χ1n) is 6.25. The Hall–Kier alpha value is -2.35. The molecule has 8 heteroatoms. The Kier molecular flexibility index (Phi) is 5.92. The summed E-state index contributed by atoms with van der Waals surface area (Å²) in [7, 11) is 1.37. The van der Waals surface area contributed by atoms with Crippen LogP contribution < -0.4 is 9.47 Å². The maximum absolute atomic E-state index is 11.0. The molecule has 0 heterocycles. The van der Waals surface area contributed by atoms with Gasteiger partial charge in [0.1, 0.15) is 0 Å². The summed E-state index contributed by atoms with van der Waals surface area (Å²) >= 11 is 0. The third-order valence-corrected chi connectivity index (χ3v) is 2.75. The lowest BCUT2D eigenvalue weighted by Gasteiger charge is -2.13. The number of rotatable bonds is 8. The summed E-state index contributed by atoms with van der Waals surface area (Å²) in [6.45, 7) is 1.50. The molecule has 116 valence electrons. The van der Waals surface area contributed by atoms with E-state index in [1.165, 1.54) is 26.2 Å². The van der Waals surface area contributed by atoms with Crippen LogP contribution in [0, 0.1) is 10.1 Å². The molecular formula is C13H17NO7. The van der Waals surface area contributed by atoms with E-state index >= 15 is 0 Å². The lowest BCUT2D eigenvalue weighted by atomic mass is 10.1. The zero-order chi connectivity index (χ0) is 16.0. The molecule has 0 saturated heterocycles. The number of carbonyl (C=O) groups is 1. The topological polar surface area (TPSA) is 119 Å². The number of aliphatic hydroxyl groups is 1. The van der Waals surface area contributed by atoms with Crippen LogP contribution in [-0.2, 0) is 4.79 Å². The molecule has 0 aromatic heterocycles. The van der Waals surface area contributed by atoms with Gasteiger partial charge in [-0.3, -0.25) is 14.9 Å². The van der Waals surface area contributed by atoms with Gasteiger partial charge in [0.25, 0.3) is 5.69 Å². The number of hydrogen-bond donors (Lipinski definition) is 2. The van der Waals surface area contributed by atoms with Gasteiger partial charge in [-0.25, -0.2) is 0 Å². The molecule has 0 bridgehead atoms. The van der Waals surface area contributed by atoms with Crippen molar-refractivity contribution < 1.29 is 29.4 Å². The zero-order valence-electron chi connectivity index (χ0n) is 11.7. The molecular weight excluding hydrogens is 282 g/mol. The van der Waals surface area contributed by atoms with Crippen LogP contribution in [0.1, 0.15) is 31.4 Å². The van der Waals surface area contributed by atoms with Crippen molar-refractivity contribution in [2.45, 2.75) is 25.9 Å². The van der Waals surface area contributed by atoms with E-state index < -0.39 is 17.0 Å². The number of nitrogens with zero attached hydrogens (tertiary/aromatic N) is 1. The number of methoxy groups -OCH3 is 1. The number of carboxylic acid groups (broad SMARTS) is 1. The van der Waals surface area contributed by atoms with E-state index in [1.807, 2.05) is 0 Å². The zero-order valence-corrected chi connectivity index (χ0v) is 11.7. The van der Waals surface area contributed by atoms with E-state index in [4.69, 9.17) is 14.6 Å². The van der Waals surface area contributed by atoms with Crippen LogP contribution in [0.4, 0.5) is 5.69 Å². The summed E-state index contributed by atoms with van der Waals surface area (Å²) < 4.78 is 10.4. The first-order chi connectivity index (χ1) is 9.86. The van der Waals surface area contributed by atoms with Crippen molar-refractivity contribution in [2.24, 2.45) is 0 Å². The monoisotopic (exact) mass is 299 g/mol. The Labute approximate surface area is 121 Å². The van der Waals surface area contributed by atoms with Crippen LogP contribution in [0.15, 0.2) is 12.1 Å². The van der Waals surface area contributed by atoms with Gasteiger partial charge in [-0.05, 0) is 19.4 Å². The number of ether oxygens (including phenoxy) is 2. The molecule has 0 saturated carbocycles. The molecule has 8 nitrogen and oxygen atoms in total. The van der Waals surface area contributed by atoms with Crippen LogP contribution >= 0.6 is 0 Å². The van der Waals surface area contributed by atoms with Gasteiger partial charge in [-0.2, -0.15) is 0 Å². The molecule has 21 heavy (non-hydrogen) atoms. The van der Waals surface area contributed by atoms with Gasteiger partial charge in [0, 0.05) is 6.42 Å². The lowest BCUT2D eigenvalue weighted by Crippen LogP contribution is -2.05. The average Bonchev–Trinajstić information content (AvgIpc) is 2.42. The first kappa shape index (κ1) is 16.7. The van der Waals surface area contributed by atoms with E-state index in [1.54, 1.807) is 0 Å². The Morgan fingerprint density at radius 3 is 2.57 bits per heavy atom. The van der Waals surface area contributed by atoms with Crippen LogP contribution in [0.2, 0.25) is 0 Å².